The van der Waals surface area contributed by atoms with Crippen molar-refractivity contribution in [1.29, 1.82) is 0 Å². The highest BCUT2D eigenvalue weighted by Gasteiger charge is 2.07. The molecule has 0 spiro atoms. The molecule has 2 aromatic rings. The summed E-state index contributed by atoms with van der Waals surface area (Å²) in [6.45, 7) is 0.0422. The summed E-state index contributed by atoms with van der Waals surface area (Å²) in [5.41, 5.74) is 0. The van der Waals surface area contributed by atoms with Crippen LogP contribution in [0.3, 0.4) is 0 Å². The van der Waals surface area contributed by atoms with E-state index in [0.717, 1.165) is 12.1 Å². The minimum atomic E-state index is -0.996. The molecule has 128 valence electrons. The van der Waals surface area contributed by atoms with Crippen LogP contribution in [0.15, 0.2) is 36.4 Å². The average molecular weight is 376 g/mol. The number of benzene rings is 2. The molecule has 0 unspecified atom stereocenters. The Morgan fingerprint density at radius 1 is 1.04 bits per heavy atom. The summed E-state index contributed by atoms with van der Waals surface area (Å²) >= 11 is 11.7. The van der Waals surface area contributed by atoms with Gasteiger partial charge in [-0.1, -0.05) is 23.2 Å². The fraction of sp³-hybridized carbons (Fsp3) is 0.188. The Labute approximate surface area is 147 Å². The first-order valence-electron chi connectivity index (χ1n) is 6.88. The van der Waals surface area contributed by atoms with E-state index in [1.54, 1.807) is 12.1 Å². The van der Waals surface area contributed by atoms with E-state index in [1.807, 2.05) is 0 Å². The highest BCUT2D eigenvalue weighted by molar-refractivity contribution is 6.35. The van der Waals surface area contributed by atoms with Gasteiger partial charge in [-0.2, -0.15) is 0 Å². The number of rotatable bonds is 7. The lowest BCUT2D eigenvalue weighted by Gasteiger charge is -2.10. The molecule has 4 nitrogen and oxygen atoms in total. The first-order valence-corrected chi connectivity index (χ1v) is 7.63. The Bertz CT molecular complexity index is 728. The van der Waals surface area contributed by atoms with E-state index in [1.165, 1.54) is 12.1 Å². The third kappa shape index (κ3) is 5.54. The van der Waals surface area contributed by atoms with Gasteiger partial charge in [-0.3, -0.25) is 4.79 Å². The van der Waals surface area contributed by atoms with Crippen LogP contribution < -0.4 is 14.8 Å². The van der Waals surface area contributed by atoms with Crippen molar-refractivity contribution < 1.29 is 23.0 Å². The van der Waals surface area contributed by atoms with Gasteiger partial charge in [-0.05, 0) is 30.3 Å². The first kappa shape index (κ1) is 18.3. The molecule has 8 heteroatoms. The van der Waals surface area contributed by atoms with Crippen LogP contribution >= 0.6 is 23.2 Å². The Morgan fingerprint density at radius 3 is 2.54 bits per heavy atom. The number of nitrogens with one attached hydrogen (secondary N) is 1. The third-order valence-corrected chi connectivity index (χ3v) is 3.37. The van der Waals surface area contributed by atoms with Crippen molar-refractivity contribution in [2.45, 2.75) is 0 Å². The third-order valence-electron chi connectivity index (χ3n) is 2.84. The monoisotopic (exact) mass is 375 g/mol. The fourth-order valence-corrected chi connectivity index (χ4v) is 2.18. The molecular weight excluding hydrogens is 363 g/mol. The maximum Gasteiger partial charge on any atom is 0.258 e. The molecule has 0 saturated heterocycles. The van der Waals surface area contributed by atoms with Gasteiger partial charge in [0.25, 0.3) is 5.91 Å². The molecule has 1 N–H and O–H groups in total. The Morgan fingerprint density at radius 2 is 1.83 bits per heavy atom. The van der Waals surface area contributed by atoms with Crippen LogP contribution in [0.2, 0.25) is 10.0 Å². The standard InChI is InChI=1S/C16H13Cl2F2NO3/c17-10-1-4-15(12(18)7-10)24-9-16(22)21-5-6-23-11-2-3-13(19)14(20)8-11/h1-4,7-8H,5-6,9H2,(H,21,22). The molecular formula is C16H13Cl2F2NO3. The van der Waals surface area contributed by atoms with E-state index in [0.29, 0.717) is 15.8 Å². The molecule has 0 atom stereocenters. The van der Waals surface area contributed by atoms with E-state index in [2.05, 4.69) is 5.32 Å². The Balaban J connectivity index is 1.68. The largest absolute Gasteiger partial charge is 0.492 e. The van der Waals surface area contributed by atoms with Crippen molar-refractivity contribution in [3.8, 4) is 11.5 Å². The summed E-state index contributed by atoms with van der Waals surface area (Å²) in [7, 11) is 0. The molecule has 1 amide bonds. The molecule has 0 aliphatic rings. The average Bonchev–Trinajstić information content (AvgIpc) is 2.54. The predicted molar refractivity (Wildman–Crippen MR) is 86.8 cm³/mol. The molecule has 0 aromatic heterocycles. The summed E-state index contributed by atoms with van der Waals surface area (Å²) in [4.78, 5) is 11.6. The van der Waals surface area contributed by atoms with E-state index < -0.39 is 11.6 Å². The molecule has 2 rings (SSSR count). The fourth-order valence-electron chi connectivity index (χ4n) is 1.71. The van der Waals surface area contributed by atoms with Gasteiger partial charge >= 0.3 is 0 Å². The molecule has 24 heavy (non-hydrogen) atoms. The van der Waals surface area contributed by atoms with Gasteiger partial charge in [-0.25, -0.2) is 8.78 Å². The van der Waals surface area contributed by atoms with Crippen LogP contribution in [0.25, 0.3) is 0 Å². The van der Waals surface area contributed by atoms with Crippen LogP contribution in [-0.4, -0.2) is 25.7 Å². The smallest absolute Gasteiger partial charge is 0.258 e. The van der Waals surface area contributed by atoms with Crippen molar-refractivity contribution in [3.05, 3.63) is 58.1 Å². The second-order valence-corrected chi connectivity index (χ2v) is 5.48. The van der Waals surface area contributed by atoms with E-state index in [9.17, 15) is 13.6 Å². The van der Waals surface area contributed by atoms with Crippen LogP contribution in [0.4, 0.5) is 8.78 Å². The molecule has 0 radical (unpaired) electrons. The molecule has 0 fully saturated rings. The molecule has 0 saturated carbocycles. The molecule has 0 aliphatic carbocycles. The second-order valence-electron chi connectivity index (χ2n) is 4.64. The Hall–Kier alpha value is -2.05. The lowest BCUT2D eigenvalue weighted by Crippen LogP contribution is -2.32. The first-order chi connectivity index (χ1) is 11.5. The van der Waals surface area contributed by atoms with Crippen molar-refractivity contribution in [2.75, 3.05) is 19.8 Å². The normalized spacial score (nSPS) is 10.3. The molecule has 0 heterocycles. The summed E-state index contributed by atoms with van der Waals surface area (Å²) < 4.78 is 36.2. The van der Waals surface area contributed by atoms with Gasteiger partial charge < -0.3 is 14.8 Å². The van der Waals surface area contributed by atoms with Gasteiger partial charge in [0.2, 0.25) is 0 Å². The zero-order chi connectivity index (χ0) is 17.5. The number of carbonyl (C=O) groups excluding carboxylic acids is 1. The number of hydrogen-bond acceptors (Lipinski definition) is 3. The van der Waals surface area contributed by atoms with E-state index in [4.69, 9.17) is 32.7 Å². The number of amides is 1. The summed E-state index contributed by atoms with van der Waals surface area (Å²) in [6, 6.07) is 7.86. The summed E-state index contributed by atoms with van der Waals surface area (Å²) in [5.74, 6) is -1.81. The second kappa shape index (κ2) is 8.70. The Kier molecular flexibility index (Phi) is 6.63. The van der Waals surface area contributed by atoms with Crippen LogP contribution in [0, 0.1) is 11.6 Å². The molecule has 0 aliphatic heterocycles. The van der Waals surface area contributed by atoms with E-state index >= 15 is 0 Å². The van der Waals surface area contributed by atoms with Gasteiger partial charge in [0, 0.05) is 11.1 Å². The minimum Gasteiger partial charge on any atom is -0.492 e. The van der Waals surface area contributed by atoms with Gasteiger partial charge in [0.15, 0.2) is 18.2 Å². The van der Waals surface area contributed by atoms with Crippen LogP contribution in [0.5, 0.6) is 11.5 Å². The number of halogens is 4. The number of carbonyl (C=O) groups is 1. The zero-order valence-corrected chi connectivity index (χ0v) is 13.8. The topological polar surface area (TPSA) is 47.6 Å². The van der Waals surface area contributed by atoms with Crippen molar-refractivity contribution >= 4 is 29.1 Å². The van der Waals surface area contributed by atoms with E-state index in [-0.39, 0.29) is 31.4 Å². The van der Waals surface area contributed by atoms with Crippen molar-refractivity contribution in [1.82, 2.24) is 5.32 Å². The zero-order valence-electron chi connectivity index (χ0n) is 12.3. The van der Waals surface area contributed by atoms with Crippen LogP contribution in [-0.2, 0) is 4.79 Å². The quantitative estimate of drug-likeness (QED) is 0.747. The lowest BCUT2D eigenvalue weighted by molar-refractivity contribution is -0.123. The molecule has 2 aromatic carbocycles. The van der Waals surface area contributed by atoms with Gasteiger partial charge in [-0.15, -0.1) is 0 Å². The highest BCUT2D eigenvalue weighted by Crippen LogP contribution is 2.27. The molecule has 0 bridgehead atoms. The number of hydrogen-bond donors (Lipinski definition) is 1. The van der Waals surface area contributed by atoms with Crippen molar-refractivity contribution in [3.63, 3.8) is 0 Å². The van der Waals surface area contributed by atoms with Crippen LogP contribution in [0.1, 0.15) is 0 Å². The minimum absolute atomic E-state index is 0.0957. The maximum absolute atomic E-state index is 13.0. The van der Waals surface area contributed by atoms with Gasteiger partial charge in [0.05, 0.1) is 11.6 Å². The number of ether oxygens (including phenoxy) is 2. The summed E-state index contributed by atoms with van der Waals surface area (Å²) in [5, 5.41) is 3.32. The van der Waals surface area contributed by atoms with Crippen molar-refractivity contribution in [2.24, 2.45) is 0 Å². The van der Waals surface area contributed by atoms with Gasteiger partial charge in [0.1, 0.15) is 18.1 Å². The predicted octanol–water partition coefficient (Wildman–Crippen LogP) is 3.85. The lowest BCUT2D eigenvalue weighted by atomic mass is 10.3. The maximum atomic E-state index is 13.0. The summed E-state index contributed by atoms with van der Waals surface area (Å²) in [6.07, 6.45) is 0. The SMILES string of the molecule is O=C(COc1ccc(Cl)cc1Cl)NCCOc1ccc(F)c(F)c1. The highest BCUT2D eigenvalue weighted by atomic mass is 35.5.